The molecular formula is C25H24N2OS. The monoisotopic (exact) mass is 400 g/mol. The van der Waals surface area contributed by atoms with Crippen LogP contribution in [-0.4, -0.2) is 16.6 Å². The van der Waals surface area contributed by atoms with Crippen LogP contribution in [0.3, 0.4) is 0 Å². The first-order chi connectivity index (χ1) is 14.3. The summed E-state index contributed by atoms with van der Waals surface area (Å²) in [5.41, 5.74) is 5.64. The molecular weight excluding hydrogens is 376 g/mol. The molecule has 1 aromatic heterocycles. The molecule has 4 heteroatoms. The predicted octanol–water partition coefficient (Wildman–Crippen LogP) is 5.55. The maximum atomic E-state index is 9.29. The van der Waals surface area contributed by atoms with E-state index in [4.69, 9.17) is 4.98 Å². The third-order valence-corrected chi connectivity index (χ3v) is 5.83. The van der Waals surface area contributed by atoms with Gasteiger partial charge in [0, 0.05) is 24.0 Å². The Balaban J connectivity index is 1.56. The van der Waals surface area contributed by atoms with E-state index < -0.39 is 0 Å². The molecule has 0 aliphatic heterocycles. The summed E-state index contributed by atoms with van der Waals surface area (Å²) < 4.78 is 0. The first kappa shape index (κ1) is 19.4. The van der Waals surface area contributed by atoms with Gasteiger partial charge >= 0.3 is 0 Å². The second kappa shape index (κ2) is 9.50. The van der Waals surface area contributed by atoms with E-state index in [0.29, 0.717) is 0 Å². The molecule has 0 saturated heterocycles. The zero-order valence-corrected chi connectivity index (χ0v) is 17.1. The van der Waals surface area contributed by atoms with Gasteiger partial charge in [-0.3, -0.25) is 0 Å². The minimum atomic E-state index is 0.0743. The lowest BCUT2D eigenvalue weighted by atomic mass is 10.1. The zero-order chi connectivity index (χ0) is 19.9. The van der Waals surface area contributed by atoms with Gasteiger partial charge in [-0.1, -0.05) is 84.9 Å². The second-order valence-corrected chi connectivity index (χ2v) is 7.85. The molecule has 4 aromatic rings. The lowest BCUT2D eigenvalue weighted by molar-refractivity contribution is 0.282. The lowest BCUT2D eigenvalue weighted by Crippen LogP contribution is -2.25. The second-order valence-electron chi connectivity index (χ2n) is 7.01. The van der Waals surface area contributed by atoms with Crippen molar-refractivity contribution in [2.75, 3.05) is 11.4 Å². The average Bonchev–Trinajstić information content (AvgIpc) is 3.28. The number of aliphatic hydroxyl groups excluding tert-OH is 1. The Morgan fingerprint density at radius 2 is 1.41 bits per heavy atom. The standard InChI is InChI=1S/C25H24N2OS/c28-18-22-13-11-21(12-14-22)17-27(16-15-20-7-3-1-4-8-20)25-26-24(19-29-25)23-9-5-2-6-10-23/h1-14,19,28H,15-18H2. The largest absolute Gasteiger partial charge is 0.392 e. The van der Waals surface area contributed by atoms with Gasteiger partial charge in [-0.05, 0) is 23.1 Å². The van der Waals surface area contributed by atoms with Gasteiger partial charge in [0.1, 0.15) is 0 Å². The van der Waals surface area contributed by atoms with Crippen molar-refractivity contribution in [3.05, 3.63) is 107 Å². The number of nitrogens with zero attached hydrogens (tertiary/aromatic N) is 2. The number of aromatic nitrogens is 1. The van der Waals surface area contributed by atoms with Gasteiger partial charge in [0.25, 0.3) is 0 Å². The summed E-state index contributed by atoms with van der Waals surface area (Å²) in [6.45, 7) is 1.76. The van der Waals surface area contributed by atoms with E-state index in [2.05, 4.69) is 64.9 Å². The van der Waals surface area contributed by atoms with Crippen LogP contribution in [-0.2, 0) is 19.6 Å². The maximum Gasteiger partial charge on any atom is 0.186 e. The van der Waals surface area contributed by atoms with E-state index in [9.17, 15) is 5.11 Å². The third kappa shape index (κ3) is 5.11. The average molecular weight is 401 g/mol. The van der Waals surface area contributed by atoms with Crippen LogP contribution in [0.2, 0.25) is 0 Å². The van der Waals surface area contributed by atoms with Crippen LogP contribution in [0.4, 0.5) is 5.13 Å². The van der Waals surface area contributed by atoms with E-state index in [1.807, 2.05) is 30.3 Å². The highest BCUT2D eigenvalue weighted by Gasteiger charge is 2.13. The van der Waals surface area contributed by atoms with Crippen molar-refractivity contribution in [1.82, 2.24) is 4.98 Å². The van der Waals surface area contributed by atoms with E-state index in [1.165, 1.54) is 11.1 Å². The number of hydrogen-bond acceptors (Lipinski definition) is 4. The highest BCUT2D eigenvalue weighted by molar-refractivity contribution is 7.14. The van der Waals surface area contributed by atoms with Crippen LogP contribution in [0.5, 0.6) is 0 Å². The van der Waals surface area contributed by atoms with Gasteiger partial charge in [-0.2, -0.15) is 0 Å². The molecule has 0 amide bonds. The first-order valence-corrected chi connectivity index (χ1v) is 10.7. The molecule has 0 spiro atoms. The Kier molecular flexibility index (Phi) is 6.35. The van der Waals surface area contributed by atoms with Gasteiger partial charge in [0.2, 0.25) is 0 Å². The van der Waals surface area contributed by atoms with Crippen LogP contribution in [0.15, 0.2) is 90.3 Å². The summed E-state index contributed by atoms with van der Waals surface area (Å²) in [5, 5.41) is 12.5. The van der Waals surface area contributed by atoms with Gasteiger partial charge < -0.3 is 10.0 Å². The summed E-state index contributed by atoms with van der Waals surface area (Å²) in [4.78, 5) is 7.27. The number of thiazole rings is 1. The van der Waals surface area contributed by atoms with Crippen molar-refractivity contribution in [3.63, 3.8) is 0 Å². The molecule has 0 aliphatic carbocycles. The quantitative estimate of drug-likeness (QED) is 0.421. The molecule has 0 unspecified atom stereocenters. The lowest BCUT2D eigenvalue weighted by Gasteiger charge is -2.22. The maximum absolute atomic E-state index is 9.29. The number of benzene rings is 3. The molecule has 146 valence electrons. The summed E-state index contributed by atoms with van der Waals surface area (Å²) in [6.07, 6.45) is 0.968. The van der Waals surface area contributed by atoms with E-state index >= 15 is 0 Å². The molecule has 29 heavy (non-hydrogen) atoms. The highest BCUT2D eigenvalue weighted by atomic mass is 32.1. The summed E-state index contributed by atoms with van der Waals surface area (Å²) >= 11 is 1.69. The van der Waals surface area contributed by atoms with Gasteiger partial charge in [-0.25, -0.2) is 4.98 Å². The van der Waals surface area contributed by atoms with Gasteiger partial charge in [0.15, 0.2) is 5.13 Å². The van der Waals surface area contributed by atoms with E-state index in [0.717, 1.165) is 41.5 Å². The Morgan fingerprint density at radius 3 is 2.10 bits per heavy atom. The predicted molar refractivity (Wildman–Crippen MR) is 121 cm³/mol. The number of rotatable bonds is 8. The SMILES string of the molecule is OCc1ccc(CN(CCc2ccccc2)c2nc(-c3ccccc3)cs2)cc1. The van der Waals surface area contributed by atoms with E-state index in [1.54, 1.807) is 11.3 Å². The van der Waals surface area contributed by atoms with Crippen LogP contribution in [0.1, 0.15) is 16.7 Å². The van der Waals surface area contributed by atoms with Crippen molar-refractivity contribution in [1.29, 1.82) is 0 Å². The Hall–Kier alpha value is -2.95. The Morgan fingerprint density at radius 1 is 0.759 bits per heavy atom. The molecule has 0 atom stereocenters. The van der Waals surface area contributed by atoms with Gasteiger partial charge in [-0.15, -0.1) is 11.3 Å². The number of aliphatic hydroxyl groups is 1. The first-order valence-electron chi connectivity index (χ1n) is 9.80. The molecule has 3 nitrogen and oxygen atoms in total. The van der Waals surface area contributed by atoms with E-state index in [-0.39, 0.29) is 6.61 Å². The van der Waals surface area contributed by atoms with Crippen molar-refractivity contribution in [3.8, 4) is 11.3 Å². The fraction of sp³-hybridized carbons (Fsp3) is 0.160. The van der Waals surface area contributed by atoms with Gasteiger partial charge in [0.05, 0.1) is 12.3 Å². The normalized spacial score (nSPS) is 10.8. The van der Waals surface area contributed by atoms with Crippen molar-refractivity contribution in [2.45, 2.75) is 19.6 Å². The molecule has 1 N–H and O–H groups in total. The molecule has 4 rings (SSSR count). The van der Waals surface area contributed by atoms with Crippen molar-refractivity contribution >= 4 is 16.5 Å². The van der Waals surface area contributed by atoms with Crippen LogP contribution in [0, 0.1) is 0 Å². The summed E-state index contributed by atoms with van der Waals surface area (Å²) in [7, 11) is 0. The summed E-state index contributed by atoms with van der Waals surface area (Å²) in [6, 6.07) is 29.0. The third-order valence-electron chi connectivity index (χ3n) is 4.92. The topological polar surface area (TPSA) is 36.4 Å². The summed E-state index contributed by atoms with van der Waals surface area (Å²) in [5.74, 6) is 0. The van der Waals surface area contributed by atoms with Crippen LogP contribution < -0.4 is 4.90 Å². The Bertz CT molecular complexity index is 1010. The fourth-order valence-electron chi connectivity index (χ4n) is 3.27. The highest BCUT2D eigenvalue weighted by Crippen LogP contribution is 2.28. The smallest absolute Gasteiger partial charge is 0.186 e. The molecule has 0 fully saturated rings. The Labute approximate surface area is 175 Å². The molecule has 0 bridgehead atoms. The number of anilines is 1. The fourth-order valence-corrected chi connectivity index (χ4v) is 4.13. The molecule has 0 aliphatic rings. The van der Waals surface area contributed by atoms with Crippen molar-refractivity contribution in [2.24, 2.45) is 0 Å². The number of hydrogen-bond donors (Lipinski definition) is 1. The molecule has 0 saturated carbocycles. The van der Waals surface area contributed by atoms with Crippen LogP contribution >= 0.6 is 11.3 Å². The molecule has 1 heterocycles. The minimum absolute atomic E-state index is 0.0743. The molecule has 3 aromatic carbocycles. The van der Waals surface area contributed by atoms with Crippen molar-refractivity contribution < 1.29 is 5.11 Å². The minimum Gasteiger partial charge on any atom is -0.392 e. The molecule has 0 radical (unpaired) electrons. The van der Waals surface area contributed by atoms with Crippen LogP contribution in [0.25, 0.3) is 11.3 Å². The zero-order valence-electron chi connectivity index (χ0n) is 16.2.